The average Bonchev–Trinajstić information content (AvgIpc) is 2.47. The molecule has 1 N–H and O–H groups in total. The minimum absolute atomic E-state index is 0.0818. The van der Waals surface area contributed by atoms with Gasteiger partial charge in [0.25, 0.3) is 5.69 Å². The molecule has 0 aliphatic carbocycles. The zero-order chi connectivity index (χ0) is 15.4. The van der Waals surface area contributed by atoms with E-state index >= 15 is 0 Å². The van der Waals surface area contributed by atoms with Gasteiger partial charge >= 0.3 is 6.09 Å². The van der Waals surface area contributed by atoms with Crippen molar-refractivity contribution in [1.29, 1.82) is 0 Å². The summed E-state index contributed by atoms with van der Waals surface area (Å²) >= 11 is 0. The highest BCUT2D eigenvalue weighted by molar-refractivity contribution is 5.88. The fraction of sp³-hybridized carbons (Fsp3) is 0.0714. The second kappa shape index (κ2) is 5.91. The molecule has 2 aromatic carbocycles. The number of hydrogen-bond acceptors (Lipinski definition) is 5. The molecule has 1 amide bonds. The molecule has 0 bridgehead atoms. The third-order valence-electron chi connectivity index (χ3n) is 2.76. The number of benzene rings is 2. The summed E-state index contributed by atoms with van der Waals surface area (Å²) < 4.78 is 5.10. The Morgan fingerprint density at radius 2 is 1.71 bits per heavy atom. The second-order valence-corrected chi connectivity index (χ2v) is 4.19. The Morgan fingerprint density at radius 1 is 1.14 bits per heavy atom. The first-order chi connectivity index (χ1) is 9.97. The predicted octanol–water partition coefficient (Wildman–Crippen LogP) is 2.94. The van der Waals surface area contributed by atoms with E-state index < -0.39 is 11.0 Å². The lowest BCUT2D eigenvalue weighted by atomic mass is 10.3. The number of hydrogen-bond donors (Lipinski definition) is 1. The zero-order valence-electron chi connectivity index (χ0n) is 11.1. The van der Waals surface area contributed by atoms with Crippen LogP contribution in [-0.4, -0.2) is 23.2 Å². The van der Waals surface area contributed by atoms with E-state index in [2.05, 4.69) is 0 Å². The Bertz CT molecular complexity index is 652. The number of anilines is 1. The maximum atomic E-state index is 11.9. The van der Waals surface area contributed by atoms with Crippen LogP contribution in [0.3, 0.4) is 0 Å². The topological polar surface area (TPSA) is 92.9 Å². The van der Waals surface area contributed by atoms with Gasteiger partial charge in [-0.3, -0.25) is 15.0 Å². The third kappa shape index (κ3) is 3.47. The van der Waals surface area contributed by atoms with Crippen LogP contribution in [-0.2, 0) is 0 Å². The molecule has 7 heteroatoms. The van der Waals surface area contributed by atoms with Gasteiger partial charge in [0.2, 0.25) is 0 Å². The Balaban J connectivity index is 2.06. The number of phenols is 1. The van der Waals surface area contributed by atoms with Gasteiger partial charge in [-0.15, -0.1) is 0 Å². The van der Waals surface area contributed by atoms with E-state index in [4.69, 9.17) is 4.74 Å². The first-order valence-electron chi connectivity index (χ1n) is 5.96. The molecule has 21 heavy (non-hydrogen) atoms. The Labute approximate surface area is 120 Å². The maximum Gasteiger partial charge on any atom is 0.419 e. The number of nitro benzene ring substituents is 1. The van der Waals surface area contributed by atoms with Gasteiger partial charge in [-0.2, -0.15) is 0 Å². The highest BCUT2D eigenvalue weighted by Gasteiger charge is 2.14. The minimum atomic E-state index is -0.644. The molecular weight excluding hydrogens is 276 g/mol. The standard InChI is InChI=1S/C14H12N2O5/c1-15(10-2-6-12(17)7-3-10)14(18)21-13-8-4-11(5-9-13)16(19)20/h2-9,17H,1H3. The summed E-state index contributed by atoms with van der Waals surface area (Å²) in [5.41, 5.74) is 0.460. The normalized spacial score (nSPS) is 9.95. The van der Waals surface area contributed by atoms with Crippen LogP contribution in [0.4, 0.5) is 16.2 Å². The number of non-ortho nitro benzene ring substituents is 1. The molecule has 0 aromatic heterocycles. The van der Waals surface area contributed by atoms with E-state index in [9.17, 15) is 20.0 Å². The lowest BCUT2D eigenvalue weighted by molar-refractivity contribution is -0.384. The van der Waals surface area contributed by atoms with Crippen LogP contribution < -0.4 is 9.64 Å². The molecular formula is C14H12N2O5. The molecule has 0 atom stereocenters. The van der Waals surface area contributed by atoms with Crippen molar-refractivity contribution in [2.24, 2.45) is 0 Å². The van der Waals surface area contributed by atoms with Gasteiger partial charge in [0.1, 0.15) is 11.5 Å². The summed E-state index contributed by atoms with van der Waals surface area (Å²) in [6, 6.07) is 11.2. The van der Waals surface area contributed by atoms with Crippen LogP contribution in [0.5, 0.6) is 11.5 Å². The number of rotatable bonds is 3. The van der Waals surface area contributed by atoms with E-state index in [-0.39, 0.29) is 17.2 Å². The molecule has 2 rings (SSSR count). The number of amides is 1. The summed E-state index contributed by atoms with van der Waals surface area (Å²) in [7, 11) is 1.51. The molecule has 0 fully saturated rings. The van der Waals surface area contributed by atoms with E-state index in [1.54, 1.807) is 12.1 Å². The lowest BCUT2D eigenvalue weighted by Gasteiger charge is -2.16. The first kappa shape index (κ1) is 14.3. The van der Waals surface area contributed by atoms with Crippen molar-refractivity contribution in [2.45, 2.75) is 0 Å². The Hall–Kier alpha value is -3.09. The number of phenolic OH excluding ortho intramolecular Hbond substituents is 1. The van der Waals surface area contributed by atoms with E-state index in [0.29, 0.717) is 5.69 Å². The van der Waals surface area contributed by atoms with Crippen LogP contribution in [0.15, 0.2) is 48.5 Å². The van der Waals surface area contributed by atoms with E-state index in [0.717, 1.165) is 0 Å². The second-order valence-electron chi connectivity index (χ2n) is 4.19. The summed E-state index contributed by atoms with van der Waals surface area (Å²) in [4.78, 5) is 23.2. The molecule has 7 nitrogen and oxygen atoms in total. The molecule has 0 unspecified atom stereocenters. The summed E-state index contributed by atoms with van der Waals surface area (Å²) in [5, 5.41) is 19.7. The number of carbonyl (C=O) groups excluding carboxylic acids is 1. The van der Waals surface area contributed by atoms with Gasteiger partial charge in [0, 0.05) is 24.9 Å². The lowest BCUT2D eigenvalue weighted by Crippen LogP contribution is -2.29. The van der Waals surface area contributed by atoms with Crippen molar-refractivity contribution in [3.8, 4) is 11.5 Å². The van der Waals surface area contributed by atoms with E-state index in [1.165, 1.54) is 48.3 Å². The number of nitrogens with zero attached hydrogens (tertiary/aromatic N) is 2. The number of nitro groups is 1. The minimum Gasteiger partial charge on any atom is -0.508 e. The molecule has 0 saturated heterocycles. The summed E-state index contributed by atoms with van der Waals surface area (Å²) in [6.45, 7) is 0. The first-order valence-corrected chi connectivity index (χ1v) is 5.96. The van der Waals surface area contributed by atoms with Crippen LogP contribution in [0.1, 0.15) is 0 Å². The predicted molar refractivity (Wildman–Crippen MR) is 75.6 cm³/mol. The summed E-state index contributed by atoms with van der Waals surface area (Å²) in [5.74, 6) is 0.298. The van der Waals surface area contributed by atoms with Crippen molar-refractivity contribution < 1.29 is 19.6 Å². The van der Waals surface area contributed by atoms with E-state index in [1.807, 2.05) is 0 Å². The number of aromatic hydroxyl groups is 1. The van der Waals surface area contributed by atoms with Crippen LogP contribution in [0.2, 0.25) is 0 Å². The number of ether oxygens (including phenoxy) is 1. The molecule has 2 aromatic rings. The smallest absolute Gasteiger partial charge is 0.419 e. The highest BCUT2D eigenvalue weighted by atomic mass is 16.6. The van der Waals surface area contributed by atoms with Crippen molar-refractivity contribution >= 4 is 17.5 Å². The number of carbonyl (C=O) groups is 1. The van der Waals surface area contributed by atoms with Gasteiger partial charge in [0.05, 0.1) is 4.92 Å². The quantitative estimate of drug-likeness (QED) is 0.692. The fourth-order valence-corrected chi connectivity index (χ4v) is 1.59. The van der Waals surface area contributed by atoms with Crippen molar-refractivity contribution in [2.75, 3.05) is 11.9 Å². The van der Waals surface area contributed by atoms with Crippen LogP contribution in [0.25, 0.3) is 0 Å². The molecule has 0 radical (unpaired) electrons. The van der Waals surface area contributed by atoms with Gasteiger partial charge in [-0.05, 0) is 36.4 Å². The molecule has 0 saturated carbocycles. The molecule has 108 valence electrons. The molecule has 0 aliphatic heterocycles. The Kier molecular flexibility index (Phi) is 4.03. The van der Waals surface area contributed by atoms with Crippen LogP contribution in [0, 0.1) is 10.1 Å². The molecule has 0 aliphatic rings. The van der Waals surface area contributed by atoms with Crippen molar-refractivity contribution in [3.63, 3.8) is 0 Å². The van der Waals surface area contributed by atoms with Gasteiger partial charge in [0.15, 0.2) is 0 Å². The zero-order valence-corrected chi connectivity index (χ0v) is 11.1. The average molecular weight is 288 g/mol. The van der Waals surface area contributed by atoms with Gasteiger partial charge in [-0.25, -0.2) is 4.79 Å². The fourth-order valence-electron chi connectivity index (χ4n) is 1.59. The van der Waals surface area contributed by atoms with Crippen molar-refractivity contribution in [3.05, 3.63) is 58.6 Å². The van der Waals surface area contributed by atoms with Gasteiger partial charge < -0.3 is 9.84 Å². The summed E-state index contributed by atoms with van der Waals surface area (Å²) in [6.07, 6.45) is -0.644. The highest BCUT2D eigenvalue weighted by Crippen LogP contribution is 2.21. The molecule has 0 spiro atoms. The van der Waals surface area contributed by atoms with Gasteiger partial charge in [-0.1, -0.05) is 0 Å². The SMILES string of the molecule is CN(C(=O)Oc1ccc([N+](=O)[O-])cc1)c1ccc(O)cc1. The third-order valence-corrected chi connectivity index (χ3v) is 2.76. The maximum absolute atomic E-state index is 11.9. The Morgan fingerprint density at radius 3 is 2.24 bits per heavy atom. The van der Waals surface area contributed by atoms with Crippen molar-refractivity contribution in [1.82, 2.24) is 0 Å². The largest absolute Gasteiger partial charge is 0.508 e. The molecule has 0 heterocycles. The monoisotopic (exact) mass is 288 g/mol. The van der Waals surface area contributed by atoms with Crippen LogP contribution >= 0.6 is 0 Å².